The summed E-state index contributed by atoms with van der Waals surface area (Å²) in [5.41, 5.74) is 1.60. The van der Waals surface area contributed by atoms with Crippen molar-refractivity contribution in [2.75, 3.05) is 23.3 Å². The maximum atomic E-state index is 12.6. The van der Waals surface area contributed by atoms with Gasteiger partial charge in [-0.15, -0.1) is 0 Å². The first-order chi connectivity index (χ1) is 13.1. The van der Waals surface area contributed by atoms with Gasteiger partial charge in [-0.05, 0) is 31.0 Å². The number of para-hydroxylation sites is 3. The lowest BCUT2D eigenvalue weighted by atomic mass is 9.95. The van der Waals surface area contributed by atoms with Crippen LogP contribution in [0.3, 0.4) is 0 Å². The zero-order valence-electron chi connectivity index (χ0n) is 14.5. The summed E-state index contributed by atoms with van der Waals surface area (Å²) in [6.45, 7) is 1.23. The Morgan fingerprint density at radius 3 is 2.59 bits per heavy atom. The van der Waals surface area contributed by atoms with E-state index >= 15 is 0 Å². The maximum Gasteiger partial charge on any atom is 0.292 e. The van der Waals surface area contributed by atoms with Crippen LogP contribution in [0, 0.1) is 16.0 Å². The molecule has 1 fully saturated rings. The molecule has 1 N–H and O–H groups in total. The summed E-state index contributed by atoms with van der Waals surface area (Å²) in [5.74, 6) is -0.146. The molecule has 0 radical (unpaired) electrons. The molecule has 0 saturated carbocycles. The number of anilines is 2. The molecule has 2 aromatic carbocycles. The largest absolute Gasteiger partial charge is 0.366 e. The van der Waals surface area contributed by atoms with Crippen LogP contribution in [0.25, 0.3) is 10.2 Å². The Labute approximate surface area is 159 Å². The Balaban J connectivity index is 1.40. The highest BCUT2D eigenvalue weighted by Crippen LogP contribution is 2.32. The van der Waals surface area contributed by atoms with Crippen LogP contribution in [0.1, 0.15) is 12.8 Å². The number of aromatic nitrogens is 1. The Morgan fingerprint density at radius 2 is 1.85 bits per heavy atom. The molecule has 138 valence electrons. The first-order valence-corrected chi connectivity index (χ1v) is 9.58. The van der Waals surface area contributed by atoms with Crippen molar-refractivity contribution in [1.29, 1.82) is 0 Å². The smallest absolute Gasteiger partial charge is 0.292 e. The van der Waals surface area contributed by atoms with Crippen molar-refractivity contribution >= 4 is 44.0 Å². The maximum absolute atomic E-state index is 12.6. The lowest BCUT2D eigenvalue weighted by Gasteiger charge is -2.32. The van der Waals surface area contributed by atoms with Crippen LogP contribution in [0.5, 0.6) is 0 Å². The number of nitrogens with zero attached hydrogens (tertiary/aromatic N) is 3. The minimum atomic E-state index is -0.360. The number of nitro groups is 1. The van der Waals surface area contributed by atoms with Crippen LogP contribution >= 0.6 is 11.3 Å². The number of rotatable bonds is 4. The minimum Gasteiger partial charge on any atom is -0.366 e. The molecule has 8 heteroatoms. The molecular formula is C19H18N4O3S. The van der Waals surface area contributed by atoms with Crippen molar-refractivity contribution in [1.82, 2.24) is 4.98 Å². The second-order valence-electron chi connectivity index (χ2n) is 6.48. The second-order valence-corrected chi connectivity index (χ2v) is 7.51. The Kier molecular flexibility index (Phi) is 4.72. The molecule has 1 saturated heterocycles. The van der Waals surface area contributed by atoms with Gasteiger partial charge in [-0.25, -0.2) is 4.98 Å². The fourth-order valence-corrected chi connectivity index (χ4v) is 4.27. The average Bonchev–Trinajstić information content (AvgIpc) is 3.10. The van der Waals surface area contributed by atoms with E-state index < -0.39 is 0 Å². The van der Waals surface area contributed by atoms with Crippen LogP contribution in [0.4, 0.5) is 16.5 Å². The number of amides is 1. The van der Waals surface area contributed by atoms with Gasteiger partial charge in [-0.1, -0.05) is 35.6 Å². The molecule has 2 heterocycles. The summed E-state index contributed by atoms with van der Waals surface area (Å²) in [7, 11) is 0. The van der Waals surface area contributed by atoms with Gasteiger partial charge in [0.2, 0.25) is 5.91 Å². The Morgan fingerprint density at radius 1 is 1.15 bits per heavy atom. The normalized spacial score (nSPS) is 15.0. The van der Waals surface area contributed by atoms with E-state index in [9.17, 15) is 14.9 Å². The highest BCUT2D eigenvalue weighted by molar-refractivity contribution is 7.22. The van der Waals surface area contributed by atoms with Crippen molar-refractivity contribution in [2.45, 2.75) is 12.8 Å². The molecule has 27 heavy (non-hydrogen) atoms. The van der Waals surface area contributed by atoms with Crippen LogP contribution in [-0.2, 0) is 4.79 Å². The van der Waals surface area contributed by atoms with Crippen molar-refractivity contribution in [2.24, 2.45) is 5.92 Å². The van der Waals surface area contributed by atoms with E-state index in [-0.39, 0.29) is 22.4 Å². The summed E-state index contributed by atoms with van der Waals surface area (Å²) >= 11 is 1.46. The fourth-order valence-electron chi connectivity index (χ4n) is 3.40. The van der Waals surface area contributed by atoms with Crippen molar-refractivity contribution in [3.63, 3.8) is 0 Å². The Hall–Kier alpha value is -3.00. The predicted octanol–water partition coefficient (Wildman–Crippen LogP) is 4.06. The van der Waals surface area contributed by atoms with Gasteiger partial charge < -0.3 is 10.2 Å². The lowest BCUT2D eigenvalue weighted by molar-refractivity contribution is -0.384. The molecule has 0 unspecified atom stereocenters. The molecule has 1 amide bonds. The molecule has 0 atom stereocenters. The van der Waals surface area contributed by atoms with Crippen molar-refractivity contribution in [3.8, 4) is 0 Å². The van der Waals surface area contributed by atoms with Gasteiger partial charge in [0.15, 0.2) is 5.13 Å². The molecule has 1 aromatic heterocycles. The summed E-state index contributed by atoms with van der Waals surface area (Å²) in [6, 6.07) is 14.5. The second kappa shape index (κ2) is 7.32. The van der Waals surface area contributed by atoms with Crippen LogP contribution in [0.2, 0.25) is 0 Å². The lowest BCUT2D eigenvalue weighted by Crippen LogP contribution is -2.38. The minimum absolute atomic E-state index is 0.0312. The van der Waals surface area contributed by atoms with Crippen LogP contribution < -0.4 is 10.2 Å². The predicted molar refractivity (Wildman–Crippen MR) is 106 cm³/mol. The molecule has 1 aliphatic rings. The van der Waals surface area contributed by atoms with E-state index in [4.69, 9.17) is 0 Å². The van der Waals surface area contributed by atoms with Gasteiger partial charge in [0.05, 0.1) is 15.1 Å². The summed E-state index contributed by atoms with van der Waals surface area (Å²) in [5, 5.41) is 14.8. The number of thiazole rings is 1. The fraction of sp³-hybridized carbons (Fsp3) is 0.263. The highest BCUT2D eigenvalue weighted by atomic mass is 32.1. The number of hydrogen-bond donors (Lipinski definition) is 1. The standard InChI is InChI=1S/C19H18N4O3S/c24-18(21-19-20-14-5-1-4-8-17(14)27-19)13-9-11-22(12-10-13)15-6-2-3-7-16(15)23(25)26/h1-8,13H,9-12H2,(H,20,21,24). The van der Waals surface area contributed by atoms with E-state index in [0.717, 1.165) is 10.2 Å². The zero-order chi connectivity index (χ0) is 18.8. The zero-order valence-corrected chi connectivity index (χ0v) is 15.3. The SMILES string of the molecule is O=C(Nc1nc2ccccc2s1)C1CCN(c2ccccc2[N+](=O)[O-])CC1. The molecule has 4 rings (SSSR count). The summed E-state index contributed by atoms with van der Waals surface area (Å²) in [6.07, 6.45) is 1.31. The molecule has 0 aliphatic carbocycles. The van der Waals surface area contributed by atoms with Crippen LogP contribution in [0.15, 0.2) is 48.5 Å². The number of benzene rings is 2. The quantitative estimate of drug-likeness (QED) is 0.543. The number of piperidine rings is 1. The van der Waals surface area contributed by atoms with Crippen LogP contribution in [-0.4, -0.2) is 28.9 Å². The summed E-state index contributed by atoms with van der Waals surface area (Å²) in [4.78, 5) is 29.9. The third-order valence-corrected chi connectivity index (χ3v) is 5.76. The molecule has 3 aromatic rings. The first kappa shape index (κ1) is 17.4. The van der Waals surface area contributed by atoms with Gasteiger partial charge in [-0.3, -0.25) is 14.9 Å². The number of hydrogen-bond acceptors (Lipinski definition) is 6. The molecule has 0 bridgehead atoms. The van der Waals surface area contributed by atoms with Gasteiger partial charge in [0.25, 0.3) is 5.69 Å². The number of carbonyl (C=O) groups is 1. The van der Waals surface area contributed by atoms with E-state index in [1.165, 1.54) is 17.4 Å². The van der Waals surface area contributed by atoms with E-state index in [1.54, 1.807) is 18.2 Å². The number of nitro benzene ring substituents is 1. The van der Waals surface area contributed by atoms with Gasteiger partial charge >= 0.3 is 0 Å². The monoisotopic (exact) mass is 382 g/mol. The van der Waals surface area contributed by atoms with E-state index in [0.29, 0.717) is 36.8 Å². The van der Waals surface area contributed by atoms with Gasteiger partial charge in [0, 0.05) is 25.1 Å². The summed E-state index contributed by atoms with van der Waals surface area (Å²) < 4.78 is 1.04. The Bertz CT molecular complexity index is 962. The molecule has 1 aliphatic heterocycles. The van der Waals surface area contributed by atoms with Gasteiger partial charge in [-0.2, -0.15) is 0 Å². The molecule has 0 spiro atoms. The highest BCUT2D eigenvalue weighted by Gasteiger charge is 2.28. The topological polar surface area (TPSA) is 88.4 Å². The molecular weight excluding hydrogens is 364 g/mol. The van der Waals surface area contributed by atoms with Gasteiger partial charge in [0.1, 0.15) is 5.69 Å². The van der Waals surface area contributed by atoms with E-state index in [2.05, 4.69) is 10.3 Å². The molecule has 7 nitrogen and oxygen atoms in total. The first-order valence-electron chi connectivity index (χ1n) is 8.76. The number of nitrogens with one attached hydrogen (secondary N) is 1. The number of fused-ring (bicyclic) bond motifs is 1. The van der Waals surface area contributed by atoms with E-state index in [1.807, 2.05) is 29.2 Å². The third-order valence-electron chi connectivity index (χ3n) is 4.81. The number of carbonyl (C=O) groups excluding carboxylic acids is 1. The third kappa shape index (κ3) is 3.61. The van der Waals surface area contributed by atoms with Crippen molar-refractivity contribution < 1.29 is 9.72 Å². The van der Waals surface area contributed by atoms with Crippen molar-refractivity contribution in [3.05, 3.63) is 58.6 Å². The average molecular weight is 382 g/mol.